The van der Waals surface area contributed by atoms with Gasteiger partial charge < -0.3 is 14.8 Å². The van der Waals surface area contributed by atoms with Crippen molar-refractivity contribution in [3.05, 3.63) is 29.6 Å². The molecule has 2 aromatic rings. The molecular weight excluding hydrogens is 312 g/mol. The van der Waals surface area contributed by atoms with Crippen LogP contribution in [0.15, 0.2) is 18.2 Å². The third-order valence-electron chi connectivity index (χ3n) is 5.33. The first-order valence-electron chi connectivity index (χ1n) is 9.56. The van der Waals surface area contributed by atoms with Crippen LogP contribution in [0.3, 0.4) is 0 Å². The highest BCUT2D eigenvalue weighted by Gasteiger charge is 2.15. The minimum absolute atomic E-state index is 0.00197. The molecule has 5 heteroatoms. The number of rotatable bonds is 6. The Morgan fingerprint density at radius 1 is 1.32 bits per heavy atom. The fourth-order valence-corrected chi connectivity index (χ4v) is 3.68. The van der Waals surface area contributed by atoms with Crippen molar-refractivity contribution in [1.82, 2.24) is 19.8 Å². The highest BCUT2D eigenvalue weighted by atomic mass is 16.1. The third kappa shape index (κ3) is 4.21. The fourth-order valence-electron chi connectivity index (χ4n) is 3.68. The third-order valence-corrected chi connectivity index (χ3v) is 5.33. The summed E-state index contributed by atoms with van der Waals surface area (Å²) < 4.78 is 2.16. The van der Waals surface area contributed by atoms with Crippen LogP contribution < -0.4 is 5.32 Å². The Labute approximate surface area is 150 Å². The maximum Gasteiger partial charge on any atom is 0.251 e. The van der Waals surface area contributed by atoms with E-state index in [-0.39, 0.29) is 5.91 Å². The summed E-state index contributed by atoms with van der Waals surface area (Å²) >= 11 is 0. The average Bonchev–Trinajstić information content (AvgIpc) is 2.94. The van der Waals surface area contributed by atoms with Gasteiger partial charge in [0.15, 0.2) is 0 Å². The lowest BCUT2D eigenvalue weighted by Crippen LogP contribution is -2.35. The monoisotopic (exact) mass is 342 g/mol. The van der Waals surface area contributed by atoms with Crippen molar-refractivity contribution in [2.24, 2.45) is 5.92 Å². The number of carbonyl (C=O) groups excluding carboxylic acids is 1. The highest BCUT2D eigenvalue weighted by Crippen LogP contribution is 2.18. The van der Waals surface area contributed by atoms with Crippen LogP contribution in [0.5, 0.6) is 0 Å². The first kappa shape index (κ1) is 17.9. The summed E-state index contributed by atoms with van der Waals surface area (Å²) in [5, 5.41) is 3.05. The maximum absolute atomic E-state index is 12.4. The molecule has 2 heterocycles. The molecule has 1 N–H and O–H groups in total. The van der Waals surface area contributed by atoms with E-state index in [0.717, 1.165) is 48.8 Å². The van der Waals surface area contributed by atoms with Gasteiger partial charge in [0, 0.05) is 18.7 Å². The molecule has 0 atom stereocenters. The largest absolute Gasteiger partial charge is 0.352 e. The molecule has 1 aliphatic heterocycles. The first-order chi connectivity index (χ1) is 12.1. The van der Waals surface area contributed by atoms with Gasteiger partial charge >= 0.3 is 0 Å². The topological polar surface area (TPSA) is 50.2 Å². The molecule has 1 aliphatic rings. The van der Waals surface area contributed by atoms with Gasteiger partial charge in [-0.1, -0.05) is 6.92 Å². The molecule has 0 aliphatic carbocycles. The van der Waals surface area contributed by atoms with Crippen molar-refractivity contribution in [1.29, 1.82) is 0 Å². The number of aryl methyl sites for hydroxylation is 2. The van der Waals surface area contributed by atoms with Crippen molar-refractivity contribution >= 4 is 16.9 Å². The molecule has 1 fully saturated rings. The molecule has 3 rings (SSSR count). The summed E-state index contributed by atoms with van der Waals surface area (Å²) in [5.74, 6) is 1.86. The molecule has 0 bridgehead atoms. The second-order valence-electron chi connectivity index (χ2n) is 7.24. The zero-order chi connectivity index (χ0) is 17.8. The lowest BCUT2D eigenvalue weighted by Gasteiger charge is -2.30. The summed E-state index contributed by atoms with van der Waals surface area (Å²) in [6, 6.07) is 5.80. The van der Waals surface area contributed by atoms with Crippen LogP contribution in [0.1, 0.15) is 49.3 Å². The number of piperidine rings is 1. The molecule has 0 spiro atoms. The molecule has 25 heavy (non-hydrogen) atoms. The van der Waals surface area contributed by atoms with Crippen LogP contribution in [0.2, 0.25) is 0 Å². The molecule has 0 radical (unpaired) electrons. The molecule has 1 amide bonds. The van der Waals surface area contributed by atoms with Crippen LogP contribution in [0.25, 0.3) is 11.0 Å². The summed E-state index contributed by atoms with van der Waals surface area (Å²) in [6.07, 6.45) is 3.61. The van der Waals surface area contributed by atoms with Crippen molar-refractivity contribution in [2.45, 2.75) is 46.6 Å². The Bertz CT molecular complexity index is 729. The Morgan fingerprint density at radius 3 is 2.80 bits per heavy atom. The van der Waals surface area contributed by atoms with E-state index in [0.29, 0.717) is 5.56 Å². The minimum atomic E-state index is -0.00197. The number of fused-ring (bicyclic) bond motifs is 1. The standard InChI is InChI=1S/C20H30N4O/c1-4-24-16(3)22-18-14-17(6-7-19(18)24)20(25)21-10-5-11-23-12-8-15(2)9-13-23/h6-7,14-15H,4-5,8-13H2,1-3H3,(H,21,25). The molecule has 0 unspecified atom stereocenters. The van der Waals surface area contributed by atoms with Gasteiger partial charge in [0.05, 0.1) is 11.0 Å². The van der Waals surface area contributed by atoms with Crippen LogP contribution in [-0.2, 0) is 6.54 Å². The number of amides is 1. The summed E-state index contributed by atoms with van der Waals surface area (Å²) in [6.45, 7) is 11.5. The Hall–Kier alpha value is -1.88. The maximum atomic E-state index is 12.4. The van der Waals surface area contributed by atoms with Crippen molar-refractivity contribution in [3.63, 3.8) is 0 Å². The van der Waals surface area contributed by atoms with Gasteiger partial charge in [0.25, 0.3) is 5.91 Å². The quantitative estimate of drug-likeness (QED) is 0.820. The Kier molecular flexibility index (Phi) is 5.74. The Balaban J connectivity index is 1.50. The number of nitrogens with one attached hydrogen (secondary N) is 1. The van der Waals surface area contributed by atoms with Gasteiger partial charge in [-0.25, -0.2) is 4.98 Å². The van der Waals surface area contributed by atoms with Crippen LogP contribution in [0.4, 0.5) is 0 Å². The summed E-state index contributed by atoms with van der Waals surface area (Å²) in [4.78, 5) is 19.5. The van der Waals surface area contributed by atoms with E-state index in [2.05, 4.69) is 33.6 Å². The van der Waals surface area contributed by atoms with Crippen LogP contribution in [-0.4, -0.2) is 46.5 Å². The number of nitrogens with zero attached hydrogens (tertiary/aromatic N) is 3. The fraction of sp³-hybridized carbons (Fsp3) is 0.600. The van der Waals surface area contributed by atoms with Gasteiger partial charge in [-0.15, -0.1) is 0 Å². The number of carbonyl (C=O) groups is 1. The molecule has 1 aromatic heterocycles. The zero-order valence-corrected chi connectivity index (χ0v) is 15.7. The molecule has 1 saturated heterocycles. The minimum Gasteiger partial charge on any atom is -0.352 e. The van der Waals surface area contributed by atoms with E-state index in [4.69, 9.17) is 0 Å². The van der Waals surface area contributed by atoms with Gasteiger partial charge in [-0.05, 0) is 76.9 Å². The number of aromatic nitrogens is 2. The smallest absolute Gasteiger partial charge is 0.251 e. The predicted molar refractivity (Wildman–Crippen MR) is 102 cm³/mol. The Morgan fingerprint density at radius 2 is 2.08 bits per heavy atom. The highest BCUT2D eigenvalue weighted by molar-refractivity contribution is 5.97. The van der Waals surface area contributed by atoms with Gasteiger partial charge in [0.2, 0.25) is 0 Å². The van der Waals surface area contributed by atoms with Crippen molar-refractivity contribution in [2.75, 3.05) is 26.2 Å². The van der Waals surface area contributed by atoms with Gasteiger partial charge in [0.1, 0.15) is 5.82 Å². The van der Waals surface area contributed by atoms with Crippen LogP contribution in [0, 0.1) is 12.8 Å². The van der Waals surface area contributed by atoms with Crippen molar-refractivity contribution in [3.8, 4) is 0 Å². The number of benzene rings is 1. The SMILES string of the molecule is CCn1c(C)nc2cc(C(=O)NCCCN3CCC(C)CC3)ccc21. The van der Waals surface area contributed by atoms with E-state index < -0.39 is 0 Å². The molecular formula is C20H30N4O. The summed E-state index contributed by atoms with van der Waals surface area (Å²) in [5.41, 5.74) is 2.69. The van der Waals surface area contributed by atoms with E-state index in [9.17, 15) is 4.79 Å². The number of imidazole rings is 1. The van der Waals surface area contributed by atoms with Gasteiger partial charge in [-0.3, -0.25) is 4.79 Å². The van der Waals surface area contributed by atoms with E-state index in [1.54, 1.807) is 0 Å². The zero-order valence-electron chi connectivity index (χ0n) is 15.7. The molecule has 5 nitrogen and oxygen atoms in total. The number of likely N-dealkylation sites (tertiary alicyclic amines) is 1. The second-order valence-corrected chi connectivity index (χ2v) is 7.24. The first-order valence-corrected chi connectivity index (χ1v) is 9.56. The predicted octanol–water partition coefficient (Wildman–Crippen LogP) is 3.22. The summed E-state index contributed by atoms with van der Waals surface area (Å²) in [7, 11) is 0. The van der Waals surface area contributed by atoms with Crippen molar-refractivity contribution < 1.29 is 4.79 Å². The average molecular weight is 342 g/mol. The normalized spacial score (nSPS) is 16.4. The number of hydrogen-bond acceptors (Lipinski definition) is 3. The lowest BCUT2D eigenvalue weighted by molar-refractivity contribution is 0.0950. The van der Waals surface area contributed by atoms with Crippen LogP contribution >= 0.6 is 0 Å². The van der Waals surface area contributed by atoms with E-state index in [1.807, 2.05) is 25.1 Å². The second kappa shape index (κ2) is 8.00. The number of hydrogen-bond donors (Lipinski definition) is 1. The molecule has 136 valence electrons. The lowest BCUT2D eigenvalue weighted by atomic mass is 9.99. The van der Waals surface area contributed by atoms with E-state index >= 15 is 0 Å². The molecule has 1 aromatic carbocycles. The van der Waals surface area contributed by atoms with E-state index in [1.165, 1.54) is 25.9 Å². The molecule has 0 saturated carbocycles. The van der Waals surface area contributed by atoms with Gasteiger partial charge in [-0.2, -0.15) is 0 Å².